The van der Waals surface area contributed by atoms with E-state index >= 15 is 0 Å². The van der Waals surface area contributed by atoms with Gasteiger partial charge >= 0.3 is 5.97 Å². The van der Waals surface area contributed by atoms with E-state index in [1.807, 2.05) is 30.3 Å². The molecule has 3 nitrogen and oxygen atoms in total. The van der Waals surface area contributed by atoms with Gasteiger partial charge in [-0.2, -0.15) is 0 Å². The van der Waals surface area contributed by atoms with E-state index in [1.165, 1.54) is 95.2 Å². The summed E-state index contributed by atoms with van der Waals surface area (Å²) in [7, 11) is 0. The molecule has 0 bridgehead atoms. The van der Waals surface area contributed by atoms with Crippen molar-refractivity contribution in [1.82, 2.24) is 0 Å². The number of carbonyl (C=O) groups excluding carboxylic acids is 1. The molecular formula is C30H44O3S2. The summed E-state index contributed by atoms with van der Waals surface area (Å²) in [5.41, 5.74) is 2.08. The van der Waals surface area contributed by atoms with Crippen LogP contribution in [0.25, 0.3) is 5.57 Å². The zero-order chi connectivity index (χ0) is 25.3. The molecule has 1 unspecified atom stereocenters. The molecule has 1 aromatic rings. The summed E-state index contributed by atoms with van der Waals surface area (Å²) in [5.74, 6) is -1.76. The number of ketones is 1. The largest absolute Gasteiger partial charge is 0.481 e. The summed E-state index contributed by atoms with van der Waals surface area (Å²) in [6.07, 6.45) is 20.5. The summed E-state index contributed by atoms with van der Waals surface area (Å²) in [6.45, 7) is 2.27. The molecule has 1 aliphatic rings. The third-order valence-corrected chi connectivity index (χ3v) is 8.50. The van der Waals surface area contributed by atoms with Crippen LogP contribution in [0.3, 0.4) is 0 Å². The van der Waals surface area contributed by atoms with E-state index in [-0.39, 0.29) is 12.2 Å². The van der Waals surface area contributed by atoms with Gasteiger partial charge in [-0.25, -0.2) is 0 Å². The van der Waals surface area contributed by atoms with Crippen molar-refractivity contribution >= 4 is 45.5 Å². The predicted octanol–water partition coefficient (Wildman–Crippen LogP) is 9.39. The zero-order valence-corrected chi connectivity index (χ0v) is 23.2. The second-order valence-electron chi connectivity index (χ2n) is 9.81. The van der Waals surface area contributed by atoms with E-state index in [0.717, 1.165) is 30.4 Å². The van der Waals surface area contributed by atoms with Gasteiger partial charge in [0.25, 0.3) is 0 Å². The fourth-order valence-electron chi connectivity index (χ4n) is 4.75. The first kappa shape index (κ1) is 29.8. The first-order valence-electron chi connectivity index (χ1n) is 13.8. The maximum absolute atomic E-state index is 13.0. The van der Waals surface area contributed by atoms with Crippen LogP contribution >= 0.6 is 24.0 Å². The van der Waals surface area contributed by atoms with Gasteiger partial charge in [0.05, 0.1) is 21.4 Å². The van der Waals surface area contributed by atoms with Gasteiger partial charge in [0.15, 0.2) is 5.78 Å². The minimum Gasteiger partial charge on any atom is -0.481 e. The minimum atomic E-state index is -0.976. The SMILES string of the molecule is CCCCCCCCCCCCCCCCC/C(=C1\SC(=S)C(CC(=O)O)C1=O)c1ccccc1. The van der Waals surface area contributed by atoms with Gasteiger partial charge in [-0.3, -0.25) is 9.59 Å². The van der Waals surface area contributed by atoms with Crippen molar-refractivity contribution in [3.63, 3.8) is 0 Å². The quantitative estimate of drug-likeness (QED) is 0.113. The molecular weight excluding hydrogens is 472 g/mol. The number of allylic oxidation sites excluding steroid dienone is 2. The van der Waals surface area contributed by atoms with Crippen molar-refractivity contribution in [2.45, 2.75) is 116 Å². The standard InChI is InChI=1S/C30H44O3S2/c1-2-3-4-5-6-7-8-9-10-11-12-13-14-15-19-22-25(24-20-17-16-18-21-24)29-28(33)26(23-27(31)32)30(34)35-29/h16-18,20-21,26H,2-15,19,22-23H2,1H3,(H,31,32)/b29-25+. The Morgan fingerprint density at radius 1 is 0.829 bits per heavy atom. The molecule has 0 amide bonds. The lowest BCUT2D eigenvalue weighted by Gasteiger charge is -2.11. The van der Waals surface area contributed by atoms with Gasteiger partial charge in [-0.1, -0.05) is 151 Å². The molecule has 1 atom stereocenters. The molecule has 0 radical (unpaired) electrons. The summed E-state index contributed by atoms with van der Waals surface area (Å²) < 4.78 is 0.498. The molecule has 1 aromatic carbocycles. The second kappa shape index (κ2) is 17.9. The number of Topliss-reactive ketones (excluding diaryl/α,β-unsaturated/α-hetero) is 1. The Balaban J connectivity index is 1.69. The third-order valence-electron chi connectivity index (χ3n) is 6.83. The summed E-state index contributed by atoms with van der Waals surface area (Å²) in [4.78, 5) is 24.8. The molecule has 0 aromatic heterocycles. The molecule has 1 N–H and O–H groups in total. The second-order valence-corrected chi connectivity index (χ2v) is 11.6. The average molecular weight is 517 g/mol. The zero-order valence-electron chi connectivity index (χ0n) is 21.6. The highest BCUT2D eigenvalue weighted by Crippen LogP contribution is 2.42. The fraction of sp³-hybridized carbons (Fsp3) is 0.633. The van der Waals surface area contributed by atoms with Crippen molar-refractivity contribution in [3.05, 3.63) is 40.8 Å². The van der Waals surface area contributed by atoms with E-state index in [1.54, 1.807) is 0 Å². The topological polar surface area (TPSA) is 54.4 Å². The number of aliphatic carboxylic acids is 1. The van der Waals surface area contributed by atoms with Crippen molar-refractivity contribution < 1.29 is 14.7 Å². The van der Waals surface area contributed by atoms with Crippen LogP contribution in [0, 0.1) is 5.92 Å². The Hall–Kier alpha value is -1.46. The Bertz CT molecular complexity index is 816. The first-order chi connectivity index (χ1) is 17.0. The monoisotopic (exact) mass is 516 g/mol. The molecule has 5 heteroatoms. The average Bonchev–Trinajstić information content (AvgIpc) is 3.12. The number of thiocarbonyl (C=S) groups is 1. The molecule has 194 valence electrons. The molecule has 1 saturated heterocycles. The highest BCUT2D eigenvalue weighted by Gasteiger charge is 2.38. The third kappa shape index (κ3) is 11.4. The number of rotatable bonds is 19. The molecule has 0 spiro atoms. The van der Waals surface area contributed by atoms with Gasteiger partial charge in [0, 0.05) is 0 Å². The van der Waals surface area contributed by atoms with Gasteiger partial charge in [-0.05, 0) is 24.0 Å². The Morgan fingerprint density at radius 2 is 1.31 bits per heavy atom. The van der Waals surface area contributed by atoms with Gasteiger partial charge in [-0.15, -0.1) is 0 Å². The van der Waals surface area contributed by atoms with E-state index in [0.29, 0.717) is 9.10 Å². The van der Waals surface area contributed by atoms with E-state index in [9.17, 15) is 9.59 Å². The number of carboxylic acid groups (broad SMARTS) is 1. The van der Waals surface area contributed by atoms with Crippen molar-refractivity contribution in [2.75, 3.05) is 0 Å². The maximum atomic E-state index is 13.0. The van der Waals surface area contributed by atoms with Crippen LogP contribution in [0.1, 0.15) is 122 Å². The smallest absolute Gasteiger partial charge is 0.304 e. The summed E-state index contributed by atoms with van der Waals surface area (Å²) in [6, 6.07) is 10.0. The molecule has 1 aliphatic heterocycles. The maximum Gasteiger partial charge on any atom is 0.304 e. The van der Waals surface area contributed by atoms with Crippen LogP contribution in [0.2, 0.25) is 0 Å². The Morgan fingerprint density at radius 3 is 1.80 bits per heavy atom. The van der Waals surface area contributed by atoms with Crippen LogP contribution in [0.5, 0.6) is 0 Å². The number of thioether (sulfide) groups is 1. The number of carboxylic acids is 1. The lowest BCUT2D eigenvalue weighted by Crippen LogP contribution is -2.17. The fourth-order valence-corrected chi connectivity index (χ4v) is 6.31. The van der Waals surface area contributed by atoms with Gasteiger partial charge in [0.2, 0.25) is 0 Å². The molecule has 1 fully saturated rings. The summed E-state index contributed by atoms with van der Waals surface area (Å²) in [5, 5.41) is 9.17. The van der Waals surface area contributed by atoms with Crippen LogP contribution in [-0.4, -0.2) is 21.1 Å². The molecule has 35 heavy (non-hydrogen) atoms. The minimum absolute atomic E-state index is 0.109. The van der Waals surface area contributed by atoms with Gasteiger partial charge < -0.3 is 5.11 Å². The highest BCUT2D eigenvalue weighted by atomic mass is 32.2. The lowest BCUT2D eigenvalue weighted by atomic mass is 9.94. The first-order valence-corrected chi connectivity index (χ1v) is 15.0. The van der Waals surface area contributed by atoms with Crippen LogP contribution in [0.15, 0.2) is 35.2 Å². The van der Waals surface area contributed by atoms with Crippen LogP contribution in [0.4, 0.5) is 0 Å². The predicted molar refractivity (Wildman–Crippen MR) is 154 cm³/mol. The van der Waals surface area contributed by atoms with Crippen LogP contribution in [-0.2, 0) is 9.59 Å². The van der Waals surface area contributed by atoms with Crippen LogP contribution < -0.4 is 0 Å². The van der Waals surface area contributed by atoms with Crippen molar-refractivity contribution in [3.8, 4) is 0 Å². The molecule has 2 rings (SSSR count). The number of carbonyl (C=O) groups is 2. The Kier molecular flexibility index (Phi) is 15.2. The summed E-state index contributed by atoms with van der Waals surface area (Å²) >= 11 is 6.69. The number of benzene rings is 1. The molecule has 0 saturated carbocycles. The van der Waals surface area contributed by atoms with Gasteiger partial charge in [0.1, 0.15) is 0 Å². The molecule has 0 aliphatic carbocycles. The number of unbranched alkanes of at least 4 members (excludes halogenated alkanes) is 14. The lowest BCUT2D eigenvalue weighted by molar-refractivity contribution is -0.139. The van der Waals surface area contributed by atoms with Crippen molar-refractivity contribution in [1.29, 1.82) is 0 Å². The van der Waals surface area contributed by atoms with E-state index in [2.05, 4.69) is 6.92 Å². The van der Waals surface area contributed by atoms with Crippen molar-refractivity contribution in [2.24, 2.45) is 5.92 Å². The highest BCUT2D eigenvalue weighted by molar-refractivity contribution is 8.27. The normalized spacial score (nSPS) is 17.2. The molecule has 1 heterocycles. The number of hydrogen-bond donors (Lipinski definition) is 1. The Labute approximate surface area is 222 Å². The van der Waals surface area contributed by atoms with E-state index in [4.69, 9.17) is 17.3 Å². The number of hydrogen-bond acceptors (Lipinski definition) is 4. The van der Waals surface area contributed by atoms with E-state index < -0.39 is 11.9 Å².